The second-order valence-electron chi connectivity index (χ2n) is 4.38. The van der Waals surface area contributed by atoms with Gasteiger partial charge in [0.25, 0.3) is 0 Å². The van der Waals surface area contributed by atoms with Crippen LogP contribution in [0.15, 0.2) is 12.4 Å². The molecule has 5 nitrogen and oxygen atoms in total. The number of amides is 1. The first-order valence-corrected chi connectivity index (χ1v) is 5.73. The molecule has 1 saturated carbocycles. The standard InChI is InChI=1S/C11H18N4O/c12-8-11(3-4-11)10(16)15-5-1-2-9-13-6-7-14-9/h6-7H,1-5,8,12H2,(H,13,14)(H,15,16). The lowest BCUT2D eigenvalue weighted by atomic mass is 10.1. The van der Waals surface area contributed by atoms with Crippen LogP contribution in [0.25, 0.3) is 0 Å². The number of nitrogens with zero attached hydrogens (tertiary/aromatic N) is 1. The maximum absolute atomic E-state index is 11.7. The maximum Gasteiger partial charge on any atom is 0.227 e. The van der Waals surface area contributed by atoms with Gasteiger partial charge in [0.05, 0.1) is 5.41 Å². The normalized spacial score (nSPS) is 17.1. The van der Waals surface area contributed by atoms with Crippen molar-refractivity contribution in [1.29, 1.82) is 0 Å². The van der Waals surface area contributed by atoms with Crippen molar-refractivity contribution in [2.24, 2.45) is 11.1 Å². The van der Waals surface area contributed by atoms with Gasteiger partial charge in [-0.1, -0.05) is 0 Å². The van der Waals surface area contributed by atoms with E-state index >= 15 is 0 Å². The molecule has 0 unspecified atom stereocenters. The number of carbonyl (C=O) groups is 1. The largest absolute Gasteiger partial charge is 0.356 e. The summed E-state index contributed by atoms with van der Waals surface area (Å²) in [5.41, 5.74) is 5.34. The minimum atomic E-state index is -0.231. The number of H-pyrrole nitrogens is 1. The Morgan fingerprint density at radius 3 is 3.00 bits per heavy atom. The van der Waals surface area contributed by atoms with Crippen molar-refractivity contribution in [2.45, 2.75) is 25.7 Å². The Morgan fingerprint density at radius 1 is 1.62 bits per heavy atom. The van der Waals surface area contributed by atoms with Gasteiger partial charge in [-0.3, -0.25) is 4.79 Å². The van der Waals surface area contributed by atoms with Crippen LogP contribution in [0.2, 0.25) is 0 Å². The lowest BCUT2D eigenvalue weighted by molar-refractivity contribution is -0.125. The van der Waals surface area contributed by atoms with Crippen molar-refractivity contribution < 1.29 is 4.79 Å². The number of aromatic nitrogens is 2. The van der Waals surface area contributed by atoms with Gasteiger partial charge in [-0.25, -0.2) is 4.98 Å². The van der Waals surface area contributed by atoms with E-state index in [1.165, 1.54) is 0 Å². The second-order valence-corrected chi connectivity index (χ2v) is 4.38. The number of rotatable bonds is 6. The van der Waals surface area contributed by atoms with Crippen LogP contribution in [0.3, 0.4) is 0 Å². The number of imidazole rings is 1. The second kappa shape index (κ2) is 4.65. The smallest absolute Gasteiger partial charge is 0.227 e. The fourth-order valence-corrected chi connectivity index (χ4v) is 1.75. The van der Waals surface area contributed by atoms with Gasteiger partial charge in [0.2, 0.25) is 5.91 Å². The molecule has 0 radical (unpaired) electrons. The molecule has 0 aromatic carbocycles. The molecule has 1 amide bonds. The molecule has 2 rings (SSSR count). The highest BCUT2D eigenvalue weighted by Crippen LogP contribution is 2.44. The Balaban J connectivity index is 1.63. The van der Waals surface area contributed by atoms with E-state index in [2.05, 4.69) is 15.3 Å². The van der Waals surface area contributed by atoms with E-state index in [1.54, 1.807) is 6.20 Å². The zero-order valence-electron chi connectivity index (χ0n) is 9.33. The summed E-state index contributed by atoms with van der Waals surface area (Å²) >= 11 is 0. The number of carbonyl (C=O) groups excluding carboxylic acids is 1. The van der Waals surface area contributed by atoms with Crippen LogP contribution in [-0.2, 0) is 11.2 Å². The molecule has 1 aliphatic carbocycles. The minimum Gasteiger partial charge on any atom is -0.356 e. The number of hydrogen-bond acceptors (Lipinski definition) is 3. The van der Waals surface area contributed by atoms with Crippen LogP contribution >= 0.6 is 0 Å². The van der Waals surface area contributed by atoms with Crippen molar-refractivity contribution in [3.05, 3.63) is 18.2 Å². The molecule has 0 bridgehead atoms. The maximum atomic E-state index is 11.7. The summed E-state index contributed by atoms with van der Waals surface area (Å²) < 4.78 is 0. The van der Waals surface area contributed by atoms with Gasteiger partial charge in [0, 0.05) is 31.9 Å². The Morgan fingerprint density at radius 2 is 2.44 bits per heavy atom. The molecule has 1 fully saturated rings. The first kappa shape index (κ1) is 11.1. The molecule has 16 heavy (non-hydrogen) atoms. The van der Waals surface area contributed by atoms with E-state index in [0.717, 1.165) is 31.5 Å². The number of aromatic amines is 1. The predicted molar refractivity (Wildman–Crippen MR) is 60.6 cm³/mol. The van der Waals surface area contributed by atoms with Gasteiger partial charge in [-0.2, -0.15) is 0 Å². The fraction of sp³-hybridized carbons (Fsp3) is 0.636. The van der Waals surface area contributed by atoms with Crippen LogP contribution in [-0.4, -0.2) is 29.0 Å². The highest BCUT2D eigenvalue weighted by molar-refractivity contribution is 5.85. The van der Waals surface area contributed by atoms with E-state index in [9.17, 15) is 4.79 Å². The molecule has 0 saturated heterocycles. The van der Waals surface area contributed by atoms with Gasteiger partial charge in [-0.15, -0.1) is 0 Å². The zero-order chi connectivity index (χ0) is 11.4. The molecular formula is C11H18N4O. The summed E-state index contributed by atoms with van der Waals surface area (Å²) in [6.07, 6.45) is 7.19. The fourth-order valence-electron chi connectivity index (χ4n) is 1.75. The van der Waals surface area contributed by atoms with Crippen molar-refractivity contribution >= 4 is 5.91 Å². The third-order valence-corrected chi connectivity index (χ3v) is 3.16. The van der Waals surface area contributed by atoms with Gasteiger partial charge < -0.3 is 16.0 Å². The Labute approximate surface area is 94.8 Å². The predicted octanol–water partition coefficient (Wildman–Crippen LogP) is 0.197. The highest BCUT2D eigenvalue weighted by atomic mass is 16.2. The molecule has 4 N–H and O–H groups in total. The molecule has 1 aromatic heterocycles. The summed E-state index contributed by atoms with van der Waals surface area (Å²) in [5, 5.41) is 2.94. The molecule has 5 heteroatoms. The summed E-state index contributed by atoms with van der Waals surface area (Å²) in [6.45, 7) is 1.16. The van der Waals surface area contributed by atoms with E-state index in [4.69, 9.17) is 5.73 Å². The quantitative estimate of drug-likeness (QED) is 0.601. The molecule has 88 valence electrons. The summed E-state index contributed by atoms with van der Waals surface area (Å²) in [4.78, 5) is 18.9. The van der Waals surface area contributed by atoms with Gasteiger partial charge >= 0.3 is 0 Å². The third-order valence-electron chi connectivity index (χ3n) is 3.16. The lowest BCUT2D eigenvalue weighted by Gasteiger charge is -2.12. The average molecular weight is 222 g/mol. The topological polar surface area (TPSA) is 83.8 Å². The number of nitrogens with one attached hydrogen (secondary N) is 2. The van der Waals surface area contributed by atoms with E-state index in [-0.39, 0.29) is 11.3 Å². The van der Waals surface area contributed by atoms with Crippen molar-refractivity contribution in [2.75, 3.05) is 13.1 Å². The number of nitrogens with two attached hydrogens (primary N) is 1. The Hall–Kier alpha value is -1.36. The molecule has 0 spiro atoms. The molecule has 0 aliphatic heterocycles. The van der Waals surface area contributed by atoms with Crippen LogP contribution < -0.4 is 11.1 Å². The van der Waals surface area contributed by atoms with Crippen LogP contribution in [0.4, 0.5) is 0 Å². The van der Waals surface area contributed by atoms with E-state index < -0.39 is 0 Å². The summed E-state index contributed by atoms with van der Waals surface area (Å²) in [6, 6.07) is 0. The highest BCUT2D eigenvalue weighted by Gasteiger charge is 2.48. The van der Waals surface area contributed by atoms with E-state index in [0.29, 0.717) is 13.1 Å². The van der Waals surface area contributed by atoms with Crippen LogP contribution in [0.5, 0.6) is 0 Å². The van der Waals surface area contributed by atoms with Gasteiger partial charge in [0.1, 0.15) is 5.82 Å². The van der Waals surface area contributed by atoms with E-state index in [1.807, 2.05) is 6.20 Å². The number of aryl methyl sites for hydroxylation is 1. The minimum absolute atomic E-state index is 0.120. The molecule has 0 atom stereocenters. The monoisotopic (exact) mass is 222 g/mol. The van der Waals surface area contributed by atoms with Crippen molar-refractivity contribution in [1.82, 2.24) is 15.3 Å². The molecule has 1 heterocycles. The first-order chi connectivity index (χ1) is 7.77. The van der Waals surface area contributed by atoms with Crippen LogP contribution in [0.1, 0.15) is 25.1 Å². The number of hydrogen-bond donors (Lipinski definition) is 3. The summed E-state index contributed by atoms with van der Waals surface area (Å²) in [7, 11) is 0. The van der Waals surface area contributed by atoms with Crippen molar-refractivity contribution in [3.8, 4) is 0 Å². The lowest BCUT2D eigenvalue weighted by Crippen LogP contribution is -2.37. The Bertz CT molecular complexity index is 343. The average Bonchev–Trinajstić information content (AvgIpc) is 2.94. The van der Waals surface area contributed by atoms with Crippen LogP contribution in [0, 0.1) is 5.41 Å². The SMILES string of the molecule is NCC1(C(=O)NCCCc2ncc[nH]2)CC1. The molecular weight excluding hydrogens is 204 g/mol. The van der Waals surface area contributed by atoms with Crippen molar-refractivity contribution in [3.63, 3.8) is 0 Å². The Kier molecular flexibility index (Phi) is 3.24. The first-order valence-electron chi connectivity index (χ1n) is 5.73. The third kappa shape index (κ3) is 2.41. The summed E-state index contributed by atoms with van der Waals surface area (Å²) in [5.74, 6) is 1.09. The van der Waals surface area contributed by atoms with Gasteiger partial charge in [0.15, 0.2) is 0 Å². The molecule has 1 aromatic rings. The molecule has 1 aliphatic rings. The van der Waals surface area contributed by atoms with Gasteiger partial charge in [-0.05, 0) is 19.3 Å². The zero-order valence-corrected chi connectivity index (χ0v) is 9.33.